The lowest BCUT2D eigenvalue weighted by molar-refractivity contribution is -0.138. The summed E-state index contributed by atoms with van der Waals surface area (Å²) in [7, 11) is 0. The first-order valence-electron chi connectivity index (χ1n) is 3.96. The largest absolute Gasteiger partial charge is 0.508 e. The summed E-state index contributed by atoms with van der Waals surface area (Å²) in [5.74, 6) is -2.03. The van der Waals surface area contributed by atoms with Crippen molar-refractivity contribution < 1.29 is 19.4 Å². The maximum atomic E-state index is 13.1. The molecule has 0 heterocycles. The Balaban J connectivity index is 0.00000196. The Hall–Kier alpha value is -1.33. The number of rotatable bonds is 3. The van der Waals surface area contributed by atoms with Gasteiger partial charge in [0.1, 0.15) is 17.6 Å². The maximum Gasteiger partial charge on any atom is 0.320 e. The van der Waals surface area contributed by atoms with Crippen LogP contribution in [0.2, 0.25) is 0 Å². The lowest BCUT2D eigenvalue weighted by Gasteiger charge is -2.07. The van der Waals surface area contributed by atoms with E-state index in [0.29, 0.717) is 0 Å². The van der Waals surface area contributed by atoms with Crippen LogP contribution in [0.3, 0.4) is 0 Å². The predicted octanol–water partition coefficient (Wildman–Crippen LogP) is 0.908. The first-order valence-corrected chi connectivity index (χ1v) is 3.96. The van der Waals surface area contributed by atoms with Crippen molar-refractivity contribution in [3.63, 3.8) is 0 Å². The van der Waals surface area contributed by atoms with Gasteiger partial charge in [-0.25, -0.2) is 4.39 Å². The second-order valence-electron chi connectivity index (χ2n) is 2.92. The van der Waals surface area contributed by atoms with Gasteiger partial charge in [-0.1, -0.05) is 6.07 Å². The molecule has 6 heteroatoms. The van der Waals surface area contributed by atoms with E-state index in [9.17, 15) is 9.18 Å². The standard InChI is InChI=1S/C9H10FNO3.ClH/c10-7-4-6(12)2-1-5(7)3-8(11)9(13)14;/h1-2,4,8,12H,3,11H2,(H,13,14);1H/t8-;/m0./s1. The summed E-state index contributed by atoms with van der Waals surface area (Å²) < 4.78 is 13.1. The van der Waals surface area contributed by atoms with Crippen LogP contribution in [0.15, 0.2) is 18.2 Å². The molecule has 4 N–H and O–H groups in total. The molecule has 0 unspecified atom stereocenters. The number of phenolic OH excluding ortho intramolecular Hbond substituents is 1. The molecule has 4 nitrogen and oxygen atoms in total. The molecule has 0 aliphatic heterocycles. The van der Waals surface area contributed by atoms with Crippen LogP contribution in [0.5, 0.6) is 5.75 Å². The van der Waals surface area contributed by atoms with E-state index in [2.05, 4.69) is 0 Å². The lowest BCUT2D eigenvalue weighted by atomic mass is 10.1. The third kappa shape index (κ3) is 3.73. The first kappa shape index (κ1) is 13.7. The van der Waals surface area contributed by atoms with Gasteiger partial charge in [0.25, 0.3) is 0 Å². The fourth-order valence-corrected chi connectivity index (χ4v) is 1.03. The Morgan fingerprint density at radius 3 is 2.60 bits per heavy atom. The average molecular weight is 236 g/mol. The molecule has 0 radical (unpaired) electrons. The van der Waals surface area contributed by atoms with Gasteiger partial charge in [-0.3, -0.25) is 4.79 Å². The van der Waals surface area contributed by atoms with Crippen LogP contribution < -0.4 is 5.73 Å². The molecule has 1 atom stereocenters. The van der Waals surface area contributed by atoms with Gasteiger partial charge >= 0.3 is 5.97 Å². The van der Waals surface area contributed by atoms with Gasteiger partial charge in [0.15, 0.2) is 0 Å². The van der Waals surface area contributed by atoms with Gasteiger partial charge < -0.3 is 15.9 Å². The van der Waals surface area contributed by atoms with Crippen LogP contribution in [0.25, 0.3) is 0 Å². The molecular weight excluding hydrogens is 225 g/mol. The van der Waals surface area contributed by atoms with Crippen LogP contribution in [0, 0.1) is 5.82 Å². The number of aromatic hydroxyl groups is 1. The zero-order valence-corrected chi connectivity index (χ0v) is 8.50. The van der Waals surface area contributed by atoms with E-state index in [1.54, 1.807) is 0 Å². The normalized spacial score (nSPS) is 11.6. The third-order valence-electron chi connectivity index (χ3n) is 1.79. The molecule has 0 bridgehead atoms. The minimum absolute atomic E-state index is 0. The summed E-state index contributed by atoms with van der Waals surface area (Å²) in [5.41, 5.74) is 5.41. The predicted molar refractivity (Wildman–Crippen MR) is 54.6 cm³/mol. The Morgan fingerprint density at radius 2 is 2.13 bits per heavy atom. The zero-order chi connectivity index (χ0) is 10.7. The Morgan fingerprint density at radius 1 is 1.53 bits per heavy atom. The van der Waals surface area contributed by atoms with E-state index in [0.717, 1.165) is 6.07 Å². The monoisotopic (exact) mass is 235 g/mol. The van der Waals surface area contributed by atoms with E-state index >= 15 is 0 Å². The Kier molecular flexibility index (Phi) is 5.04. The highest BCUT2D eigenvalue weighted by molar-refractivity contribution is 5.85. The highest BCUT2D eigenvalue weighted by Crippen LogP contribution is 2.15. The average Bonchev–Trinajstić information content (AvgIpc) is 2.09. The summed E-state index contributed by atoms with van der Waals surface area (Å²) in [4.78, 5) is 10.4. The third-order valence-corrected chi connectivity index (χ3v) is 1.79. The molecule has 1 rings (SSSR count). The number of benzene rings is 1. The van der Waals surface area contributed by atoms with Crippen LogP contribution in [-0.2, 0) is 11.2 Å². The van der Waals surface area contributed by atoms with E-state index in [1.165, 1.54) is 12.1 Å². The Labute approximate surface area is 91.9 Å². The lowest BCUT2D eigenvalue weighted by Crippen LogP contribution is -2.32. The van der Waals surface area contributed by atoms with Gasteiger partial charge in [0.05, 0.1) is 0 Å². The molecule has 0 saturated heterocycles. The number of phenols is 1. The summed E-state index contributed by atoms with van der Waals surface area (Å²) in [6.45, 7) is 0. The molecule has 0 spiro atoms. The smallest absolute Gasteiger partial charge is 0.320 e. The minimum atomic E-state index is -1.18. The van der Waals surface area contributed by atoms with Crippen molar-refractivity contribution in [1.29, 1.82) is 0 Å². The molecule has 15 heavy (non-hydrogen) atoms. The first-order chi connectivity index (χ1) is 6.50. The van der Waals surface area contributed by atoms with Gasteiger partial charge in [-0.05, 0) is 11.6 Å². The molecule has 84 valence electrons. The molecular formula is C9H11ClFNO3. The van der Waals surface area contributed by atoms with Crippen molar-refractivity contribution in [3.05, 3.63) is 29.6 Å². The fourth-order valence-electron chi connectivity index (χ4n) is 1.03. The van der Waals surface area contributed by atoms with Gasteiger partial charge in [-0.2, -0.15) is 0 Å². The molecule has 1 aromatic carbocycles. The molecule has 0 aromatic heterocycles. The van der Waals surface area contributed by atoms with Crippen LogP contribution in [-0.4, -0.2) is 22.2 Å². The second-order valence-corrected chi connectivity index (χ2v) is 2.92. The summed E-state index contributed by atoms with van der Waals surface area (Å²) in [6, 6.07) is 2.39. The van der Waals surface area contributed by atoms with Gasteiger partial charge in [-0.15, -0.1) is 12.4 Å². The topological polar surface area (TPSA) is 83.5 Å². The molecule has 0 amide bonds. The number of halogens is 2. The van der Waals surface area contributed by atoms with Crippen molar-refractivity contribution in [2.75, 3.05) is 0 Å². The number of nitrogens with two attached hydrogens (primary N) is 1. The number of aliphatic carboxylic acids is 1. The van der Waals surface area contributed by atoms with Crippen LogP contribution in [0.4, 0.5) is 4.39 Å². The number of carbonyl (C=O) groups is 1. The SMILES string of the molecule is Cl.N[C@@H](Cc1ccc(O)cc1F)C(=O)O. The Bertz CT molecular complexity index is 359. The van der Waals surface area contributed by atoms with Gasteiger partial charge in [0, 0.05) is 12.5 Å². The number of carboxylic acid groups (broad SMARTS) is 1. The highest BCUT2D eigenvalue weighted by atomic mass is 35.5. The van der Waals surface area contributed by atoms with Gasteiger partial charge in [0.2, 0.25) is 0 Å². The number of hydrogen-bond donors (Lipinski definition) is 3. The minimum Gasteiger partial charge on any atom is -0.508 e. The van der Waals surface area contributed by atoms with E-state index < -0.39 is 17.8 Å². The van der Waals surface area contributed by atoms with Crippen molar-refractivity contribution in [1.82, 2.24) is 0 Å². The summed E-state index contributed by atoms with van der Waals surface area (Å²) in [5, 5.41) is 17.4. The summed E-state index contributed by atoms with van der Waals surface area (Å²) >= 11 is 0. The molecule has 0 aliphatic carbocycles. The van der Waals surface area contributed by atoms with Crippen molar-refractivity contribution in [2.24, 2.45) is 5.73 Å². The summed E-state index contributed by atoms with van der Waals surface area (Å²) in [6.07, 6.45) is -0.0958. The van der Waals surface area contributed by atoms with Crippen molar-refractivity contribution >= 4 is 18.4 Å². The van der Waals surface area contributed by atoms with Crippen molar-refractivity contribution in [3.8, 4) is 5.75 Å². The molecule has 0 saturated carbocycles. The van der Waals surface area contributed by atoms with Crippen LogP contribution in [0.1, 0.15) is 5.56 Å². The number of carboxylic acids is 1. The molecule has 0 fully saturated rings. The second kappa shape index (κ2) is 5.53. The number of hydrogen-bond acceptors (Lipinski definition) is 3. The van der Waals surface area contributed by atoms with Crippen LogP contribution >= 0.6 is 12.4 Å². The van der Waals surface area contributed by atoms with E-state index in [-0.39, 0.29) is 30.1 Å². The molecule has 0 aliphatic rings. The van der Waals surface area contributed by atoms with E-state index in [4.69, 9.17) is 15.9 Å². The quantitative estimate of drug-likeness (QED) is 0.727. The maximum absolute atomic E-state index is 13.1. The van der Waals surface area contributed by atoms with E-state index in [1.807, 2.05) is 0 Å². The zero-order valence-electron chi connectivity index (χ0n) is 7.68. The van der Waals surface area contributed by atoms with Crippen molar-refractivity contribution in [2.45, 2.75) is 12.5 Å². The molecule has 1 aromatic rings. The highest BCUT2D eigenvalue weighted by Gasteiger charge is 2.14. The fraction of sp³-hybridized carbons (Fsp3) is 0.222.